The Morgan fingerprint density at radius 1 is 1.08 bits per heavy atom. The summed E-state index contributed by atoms with van der Waals surface area (Å²) < 4.78 is 33.5. The second-order valence-corrected chi connectivity index (χ2v) is 8.51. The third-order valence-corrected chi connectivity index (χ3v) is 5.59. The molecule has 0 bridgehead atoms. The van der Waals surface area contributed by atoms with Crippen LogP contribution in [0.25, 0.3) is 0 Å². The van der Waals surface area contributed by atoms with Crippen LogP contribution in [0.1, 0.15) is 39.5 Å². The predicted molar refractivity (Wildman–Crippen MR) is 103 cm³/mol. The van der Waals surface area contributed by atoms with E-state index in [9.17, 15) is 8.42 Å². The topological polar surface area (TPSA) is 80.3 Å². The van der Waals surface area contributed by atoms with Crippen molar-refractivity contribution in [3.63, 3.8) is 0 Å². The van der Waals surface area contributed by atoms with Gasteiger partial charge >= 0.3 is 0 Å². The first-order valence-corrected chi connectivity index (χ1v) is 10.4. The molecule has 0 saturated heterocycles. The van der Waals surface area contributed by atoms with Crippen LogP contribution in [0.3, 0.4) is 0 Å². The summed E-state index contributed by atoms with van der Waals surface area (Å²) in [7, 11) is -3.66. The van der Waals surface area contributed by atoms with E-state index in [-0.39, 0.29) is 17.0 Å². The van der Waals surface area contributed by atoms with Crippen LogP contribution < -0.4 is 14.8 Å². The summed E-state index contributed by atoms with van der Waals surface area (Å²) in [6.45, 7) is 4.02. The molecule has 2 aromatic rings. The lowest BCUT2D eigenvalue weighted by atomic mass is 10.3. The lowest BCUT2D eigenvalue weighted by Gasteiger charge is -2.14. The van der Waals surface area contributed by atoms with Crippen LogP contribution >= 0.6 is 0 Å². The fourth-order valence-electron chi connectivity index (χ4n) is 2.95. The highest BCUT2D eigenvalue weighted by atomic mass is 32.2. The first-order chi connectivity index (χ1) is 12.4. The summed E-state index contributed by atoms with van der Waals surface area (Å²) in [5.74, 6) is 1.41. The number of nitrogens with one attached hydrogen (secondary N) is 2. The molecule has 1 aliphatic rings. The minimum absolute atomic E-state index is 0.195. The smallest absolute Gasteiger partial charge is 0.261 e. The van der Waals surface area contributed by atoms with Crippen LogP contribution in [0.15, 0.2) is 47.5 Å². The highest BCUT2D eigenvalue weighted by molar-refractivity contribution is 7.92. The minimum atomic E-state index is -3.66. The van der Waals surface area contributed by atoms with Gasteiger partial charge in [-0.05, 0) is 75.9 Å². The molecule has 0 radical (unpaired) electrons. The van der Waals surface area contributed by atoms with Gasteiger partial charge in [-0.25, -0.2) is 13.4 Å². The summed E-state index contributed by atoms with van der Waals surface area (Å²) in [4.78, 5) is 4.41. The molecule has 0 amide bonds. The fourth-order valence-corrected chi connectivity index (χ4v) is 3.99. The molecule has 3 rings (SSSR count). The molecule has 1 saturated carbocycles. The molecule has 7 heteroatoms. The SMILES string of the molecule is CC(C)Nc1ccc(NS(=O)(=O)c2ccc(OC3CCCC3)cc2)cn1. The van der Waals surface area contributed by atoms with Gasteiger partial charge in [0.05, 0.1) is 22.9 Å². The van der Waals surface area contributed by atoms with E-state index in [1.807, 2.05) is 13.8 Å². The van der Waals surface area contributed by atoms with Gasteiger partial charge in [-0.3, -0.25) is 4.72 Å². The molecule has 1 aliphatic carbocycles. The zero-order chi connectivity index (χ0) is 18.6. The number of sulfonamides is 1. The highest BCUT2D eigenvalue weighted by Crippen LogP contribution is 2.25. The monoisotopic (exact) mass is 375 g/mol. The van der Waals surface area contributed by atoms with Crippen LogP contribution in [0.2, 0.25) is 0 Å². The number of rotatable bonds is 7. The van der Waals surface area contributed by atoms with Gasteiger partial charge in [-0.2, -0.15) is 0 Å². The molecule has 1 aromatic carbocycles. The molecule has 1 heterocycles. The van der Waals surface area contributed by atoms with E-state index < -0.39 is 10.0 Å². The summed E-state index contributed by atoms with van der Waals surface area (Å²) in [6, 6.07) is 10.2. The average Bonchev–Trinajstić information content (AvgIpc) is 3.09. The van der Waals surface area contributed by atoms with Crippen LogP contribution in [0.4, 0.5) is 11.5 Å². The van der Waals surface area contributed by atoms with E-state index in [1.165, 1.54) is 19.0 Å². The molecule has 140 valence electrons. The highest BCUT2D eigenvalue weighted by Gasteiger charge is 2.18. The molecule has 0 unspecified atom stereocenters. The van der Waals surface area contributed by atoms with E-state index in [1.54, 1.807) is 36.4 Å². The van der Waals surface area contributed by atoms with Crippen molar-refractivity contribution in [2.24, 2.45) is 0 Å². The predicted octanol–water partition coefficient (Wildman–Crippen LogP) is 4.02. The lowest BCUT2D eigenvalue weighted by molar-refractivity contribution is 0.210. The van der Waals surface area contributed by atoms with Gasteiger partial charge in [0.1, 0.15) is 11.6 Å². The summed E-state index contributed by atoms with van der Waals surface area (Å²) in [6.07, 6.45) is 6.27. The Balaban J connectivity index is 1.65. The first kappa shape index (κ1) is 18.5. The van der Waals surface area contributed by atoms with E-state index in [4.69, 9.17) is 4.74 Å². The molecule has 0 atom stereocenters. The van der Waals surface area contributed by atoms with Gasteiger partial charge in [0.2, 0.25) is 0 Å². The number of hydrogen-bond acceptors (Lipinski definition) is 5. The van der Waals surface area contributed by atoms with Crippen LogP contribution in [0, 0.1) is 0 Å². The summed E-state index contributed by atoms with van der Waals surface area (Å²) in [5, 5.41) is 3.16. The second-order valence-electron chi connectivity index (χ2n) is 6.83. The van der Waals surface area contributed by atoms with Crippen molar-refractivity contribution in [2.45, 2.75) is 56.6 Å². The van der Waals surface area contributed by atoms with E-state index >= 15 is 0 Å². The number of hydrogen-bond donors (Lipinski definition) is 2. The van der Waals surface area contributed by atoms with Gasteiger partial charge < -0.3 is 10.1 Å². The zero-order valence-corrected chi connectivity index (χ0v) is 15.9. The van der Waals surface area contributed by atoms with Crippen molar-refractivity contribution in [2.75, 3.05) is 10.0 Å². The quantitative estimate of drug-likeness (QED) is 0.764. The molecule has 1 fully saturated rings. The Morgan fingerprint density at radius 2 is 1.77 bits per heavy atom. The molecule has 0 spiro atoms. The maximum Gasteiger partial charge on any atom is 0.261 e. The fraction of sp³-hybridized carbons (Fsp3) is 0.421. The molecular weight excluding hydrogens is 350 g/mol. The van der Waals surface area contributed by atoms with Crippen molar-refractivity contribution in [1.29, 1.82) is 0 Å². The molecular formula is C19H25N3O3S. The van der Waals surface area contributed by atoms with Crippen LogP contribution in [0.5, 0.6) is 5.75 Å². The molecule has 1 aromatic heterocycles. The van der Waals surface area contributed by atoms with Crippen molar-refractivity contribution in [3.05, 3.63) is 42.6 Å². The molecule has 26 heavy (non-hydrogen) atoms. The second kappa shape index (κ2) is 7.95. The van der Waals surface area contributed by atoms with Crippen molar-refractivity contribution in [3.8, 4) is 5.75 Å². The Kier molecular flexibility index (Phi) is 5.66. The molecule has 2 N–H and O–H groups in total. The third-order valence-electron chi connectivity index (χ3n) is 4.19. The lowest BCUT2D eigenvalue weighted by Crippen LogP contribution is -2.14. The maximum absolute atomic E-state index is 12.5. The maximum atomic E-state index is 12.5. The van der Waals surface area contributed by atoms with Gasteiger partial charge in [-0.1, -0.05) is 0 Å². The Labute approximate surface area is 155 Å². The van der Waals surface area contributed by atoms with Crippen molar-refractivity contribution >= 4 is 21.5 Å². The Bertz CT molecular complexity index is 812. The van der Waals surface area contributed by atoms with Gasteiger partial charge in [0.25, 0.3) is 10.0 Å². The first-order valence-electron chi connectivity index (χ1n) is 8.94. The normalized spacial score (nSPS) is 15.2. The number of anilines is 2. The standard InChI is InChI=1S/C19H25N3O3S/c1-14(2)21-19-12-7-15(13-20-19)22-26(23,24)18-10-8-17(9-11-18)25-16-5-3-4-6-16/h7-14,16,22H,3-6H2,1-2H3,(H,20,21). The number of nitrogens with zero attached hydrogens (tertiary/aromatic N) is 1. The van der Waals surface area contributed by atoms with E-state index in [2.05, 4.69) is 15.0 Å². The number of pyridine rings is 1. The van der Waals surface area contributed by atoms with Crippen LogP contribution in [-0.4, -0.2) is 25.5 Å². The average molecular weight is 375 g/mol. The summed E-state index contributed by atoms with van der Waals surface area (Å²) >= 11 is 0. The summed E-state index contributed by atoms with van der Waals surface area (Å²) in [5.41, 5.74) is 0.422. The number of ether oxygens (including phenoxy) is 1. The number of benzene rings is 1. The van der Waals surface area contributed by atoms with Gasteiger partial charge in [0, 0.05) is 6.04 Å². The Morgan fingerprint density at radius 3 is 2.35 bits per heavy atom. The minimum Gasteiger partial charge on any atom is -0.490 e. The zero-order valence-electron chi connectivity index (χ0n) is 15.1. The van der Waals surface area contributed by atoms with E-state index in [0.717, 1.165) is 12.8 Å². The molecule has 0 aliphatic heterocycles. The Hall–Kier alpha value is -2.28. The number of aromatic nitrogens is 1. The van der Waals surface area contributed by atoms with Crippen molar-refractivity contribution in [1.82, 2.24) is 4.98 Å². The largest absolute Gasteiger partial charge is 0.490 e. The van der Waals surface area contributed by atoms with E-state index in [0.29, 0.717) is 17.3 Å². The van der Waals surface area contributed by atoms with Crippen molar-refractivity contribution < 1.29 is 13.2 Å². The van der Waals surface area contributed by atoms with Crippen LogP contribution in [-0.2, 0) is 10.0 Å². The van der Waals surface area contributed by atoms with Gasteiger partial charge in [-0.15, -0.1) is 0 Å². The van der Waals surface area contributed by atoms with Gasteiger partial charge in [0.15, 0.2) is 0 Å². The molecule has 6 nitrogen and oxygen atoms in total. The third kappa shape index (κ3) is 4.88.